The van der Waals surface area contributed by atoms with Gasteiger partial charge in [-0.2, -0.15) is 0 Å². The largest absolute Gasteiger partial charge is 0.480 e. The lowest BCUT2D eigenvalue weighted by Crippen LogP contribution is -2.11. The number of rotatable bonds is 7. The van der Waals surface area contributed by atoms with Gasteiger partial charge in [0.2, 0.25) is 0 Å². The Balaban J connectivity index is 0.000000696. The fraction of sp³-hybridized carbons (Fsp3) is 0.263. The Bertz CT molecular complexity index is 815. The lowest BCUT2D eigenvalue weighted by Gasteiger charge is -2.15. The lowest BCUT2D eigenvalue weighted by atomic mass is 10.1. The minimum absolute atomic E-state index is 0.0877. The zero-order valence-corrected chi connectivity index (χ0v) is 17.0. The van der Waals surface area contributed by atoms with Crippen molar-refractivity contribution >= 4 is 46.5 Å². The number of nitrogens with two attached hydrogens (primary N) is 1. The van der Waals surface area contributed by atoms with E-state index in [1.807, 2.05) is 19.9 Å². The van der Waals surface area contributed by atoms with E-state index in [1.165, 1.54) is 0 Å². The summed E-state index contributed by atoms with van der Waals surface area (Å²) in [5.41, 5.74) is 6.94. The predicted molar refractivity (Wildman–Crippen MR) is 110 cm³/mol. The number of nitrogens with one attached hydrogen (secondary N) is 1. The van der Waals surface area contributed by atoms with Crippen molar-refractivity contribution in [1.82, 2.24) is 0 Å². The molecular formula is C19H22Cl2N2O5. The predicted octanol–water partition coefficient (Wildman–Crippen LogP) is 4.23. The second-order valence-electron chi connectivity index (χ2n) is 5.36. The molecule has 0 heterocycles. The Hall–Kier alpha value is -2.32. The van der Waals surface area contributed by atoms with Crippen molar-refractivity contribution in [3.8, 4) is 0 Å². The van der Waals surface area contributed by atoms with E-state index < -0.39 is 11.9 Å². The molecule has 0 saturated heterocycles. The van der Waals surface area contributed by atoms with Crippen LogP contribution in [0.3, 0.4) is 0 Å². The lowest BCUT2D eigenvalue weighted by molar-refractivity contribution is -0.135. The van der Waals surface area contributed by atoms with Crippen LogP contribution in [0.2, 0.25) is 10.0 Å². The molecule has 0 bridgehead atoms. The van der Waals surface area contributed by atoms with Gasteiger partial charge in [-0.05, 0) is 37.6 Å². The summed E-state index contributed by atoms with van der Waals surface area (Å²) >= 11 is 12.5. The average Bonchev–Trinajstić information content (AvgIpc) is 2.69. The molecule has 0 aliphatic rings. The number of carbonyl (C=O) groups is 2. The average molecular weight is 429 g/mol. The standard InChI is InChI=1S/C17H17Cl2NO3.C2H5NO2/c1-3-22-10-23-17(21)12-6-4-5-7-14(12)20-16-13(18)9-8-11(2)15(16)19;3-1-2(4)5/h4-9,20H,3,10H2,1-2H3;1,3H2,(H,4,5). The van der Waals surface area contributed by atoms with Gasteiger partial charge >= 0.3 is 11.9 Å². The first-order chi connectivity index (χ1) is 13.3. The Morgan fingerprint density at radius 3 is 2.43 bits per heavy atom. The molecular weight excluding hydrogens is 407 g/mol. The van der Waals surface area contributed by atoms with Gasteiger partial charge in [0.25, 0.3) is 0 Å². The number of anilines is 2. The smallest absolute Gasteiger partial charge is 0.342 e. The highest BCUT2D eigenvalue weighted by atomic mass is 35.5. The summed E-state index contributed by atoms with van der Waals surface area (Å²) in [6, 6.07) is 10.6. The summed E-state index contributed by atoms with van der Waals surface area (Å²) in [6.45, 7) is 3.81. The number of esters is 1. The minimum Gasteiger partial charge on any atom is -0.480 e. The van der Waals surface area contributed by atoms with Gasteiger partial charge in [0.1, 0.15) is 0 Å². The van der Waals surface area contributed by atoms with Crippen molar-refractivity contribution in [3.05, 3.63) is 57.6 Å². The maximum atomic E-state index is 12.2. The number of halogens is 2. The monoisotopic (exact) mass is 428 g/mol. The van der Waals surface area contributed by atoms with Crippen LogP contribution < -0.4 is 11.1 Å². The molecule has 2 rings (SSSR count). The molecule has 2 aromatic carbocycles. The summed E-state index contributed by atoms with van der Waals surface area (Å²) in [4.78, 5) is 21.4. The Kier molecular flexibility index (Phi) is 10.3. The summed E-state index contributed by atoms with van der Waals surface area (Å²) in [6.07, 6.45) is 0. The van der Waals surface area contributed by atoms with Gasteiger partial charge in [-0.25, -0.2) is 4.79 Å². The van der Waals surface area contributed by atoms with Crippen molar-refractivity contribution in [1.29, 1.82) is 0 Å². The topological polar surface area (TPSA) is 111 Å². The number of carboxylic acid groups (broad SMARTS) is 1. The summed E-state index contributed by atoms with van der Waals surface area (Å²) in [5, 5.41) is 11.7. The molecule has 28 heavy (non-hydrogen) atoms. The second kappa shape index (κ2) is 12.2. The van der Waals surface area contributed by atoms with Crippen LogP contribution in [0.15, 0.2) is 36.4 Å². The van der Waals surface area contributed by atoms with E-state index in [2.05, 4.69) is 11.1 Å². The minimum atomic E-state index is -0.968. The van der Waals surface area contributed by atoms with Crippen LogP contribution in [-0.2, 0) is 14.3 Å². The number of para-hydroxylation sites is 1. The van der Waals surface area contributed by atoms with Crippen LogP contribution in [0.4, 0.5) is 11.4 Å². The first-order valence-corrected chi connectivity index (χ1v) is 9.04. The fourth-order valence-corrected chi connectivity index (χ4v) is 2.40. The second-order valence-corrected chi connectivity index (χ2v) is 6.15. The van der Waals surface area contributed by atoms with Crippen LogP contribution in [0.5, 0.6) is 0 Å². The number of hydrogen-bond acceptors (Lipinski definition) is 6. The molecule has 4 N–H and O–H groups in total. The van der Waals surface area contributed by atoms with E-state index in [9.17, 15) is 9.59 Å². The summed E-state index contributed by atoms with van der Waals surface area (Å²) in [5.74, 6) is -1.45. The number of aliphatic carboxylic acids is 1. The number of carboxylic acids is 1. The van der Waals surface area contributed by atoms with Crippen LogP contribution in [0, 0.1) is 6.92 Å². The van der Waals surface area contributed by atoms with Crippen LogP contribution >= 0.6 is 23.2 Å². The van der Waals surface area contributed by atoms with Gasteiger partial charge in [0.15, 0.2) is 6.79 Å². The summed E-state index contributed by atoms with van der Waals surface area (Å²) in [7, 11) is 0. The van der Waals surface area contributed by atoms with Gasteiger partial charge in [0.05, 0.1) is 33.5 Å². The highest BCUT2D eigenvalue weighted by Crippen LogP contribution is 2.36. The van der Waals surface area contributed by atoms with Crippen molar-refractivity contribution in [2.75, 3.05) is 25.3 Å². The van der Waals surface area contributed by atoms with Crippen LogP contribution in [0.1, 0.15) is 22.8 Å². The van der Waals surface area contributed by atoms with Crippen molar-refractivity contribution in [3.63, 3.8) is 0 Å². The normalized spacial score (nSPS) is 9.89. The number of hydrogen-bond donors (Lipinski definition) is 3. The van der Waals surface area contributed by atoms with Crippen molar-refractivity contribution in [2.24, 2.45) is 5.73 Å². The first-order valence-electron chi connectivity index (χ1n) is 8.29. The molecule has 152 valence electrons. The maximum absolute atomic E-state index is 12.2. The number of ether oxygens (including phenoxy) is 2. The molecule has 7 nitrogen and oxygen atoms in total. The van der Waals surface area contributed by atoms with Crippen molar-refractivity contribution < 1.29 is 24.2 Å². The molecule has 0 atom stereocenters. The van der Waals surface area contributed by atoms with E-state index in [4.69, 9.17) is 37.8 Å². The van der Waals surface area contributed by atoms with Gasteiger partial charge in [-0.3, -0.25) is 4.79 Å². The van der Waals surface area contributed by atoms with E-state index in [-0.39, 0.29) is 13.3 Å². The molecule has 9 heteroatoms. The molecule has 0 radical (unpaired) electrons. The summed E-state index contributed by atoms with van der Waals surface area (Å²) < 4.78 is 10.1. The van der Waals surface area contributed by atoms with Gasteiger partial charge < -0.3 is 25.6 Å². The zero-order chi connectivity index (χ0) is 21.1. The zero-order valence-electron chi connectivity index (χ0n) is 15.5. The first kappa shape index (κ1) is 23.7. The molecule has 0 aliphatic carbocycles. The Morgan fingerprint density at radius 2 is 1.82 bits per heavy atom. The molecule has 2 aromatic rings. The highest BCUT2D eigenvalue weighted by molar-refractivity contribution is 6.39. The molecule has 0 saturated carbocycles. The molecule has 0 aromatic heterocycles. The van der Waals surface area contributed by atoms with Crippen LogP contribution in [0.25, 0.3) is 0 Å². The Labute approximate surface area is 173 Å². The third-order valence-electron chi connectivity index (χ3n) is 3.34. The number of benzene rings is 2. The fourth-order valence-electron chi connectivity index (χ4n) is 1.93. The van der Waals surface area contributed by atoms with Crippen LogP contribution in [-0.4, -0.2) is 37.0 Å². The third-order valence-corrected chi connectivity index (χ3v) is 4.14. The number of carbonyl (C=O) groups excluding carboxylic acids is 1. The van der Waals surface area contributed by atoms with Crippen molar-refractivity contribution in [2.45, 2.75) is 13.8 Å². The van der Waals surface area contributed by atoms with E-state index >= 15 is 0 Å². The molecule has 0 aliphatic heterocycles. The van der Waals surface area contributed by atoms with E-state index in [1.54, 1.807) is 30.3 Å². The number of aryl methyl sites for hydroxylation is 1. The molecule has 0 spiro atoms. The quantitative estimate of drug-likeness (QED) is 0.343. The molecule has 0 unspecified atom stereocenters. The SMILES string of the molecule is CCOCOC(=O)c1ccccc1Nc1c(Cl)ccc(C)c1Cl.NCC(=O)O. The van der Waals surface area contributed by atoms with E-state index in [0.29, 0.717) is 33.6 Å². The van der Waals surface area contributed by atoms with Gasteiger partial charge in [-0.15, -0.1) is 0 Å². The Morgan fingerprint density at radius 1 is 1.18 bits per heavy atom. The van der Waals surface area contributed by atoms with E-state index in [0.717, 1.165) is 5.56 Å². The van der Waals surface area contributed by atoms with Gasteiger partial charge in [0, 0.05) is 6.61 Å². The van der Waals surface area contributed by atoms with Gasteiger partial charge in [-0.1, -0.05) is 41.4 Å². The maximum Gasteiger partial charge on any atom is 0.342 e. The molecule has 0 amide bonds. The highest BCUT2D eigenvalue weighted by Gasteiger charge is 2.15. The molecule has 0 fully saturated rings. The third kappa shape index (κ3) is 7.36.